The summed E-state index contributed by atoms with van der Waals surface area (Å²) >= 11 is 0. The minimum Gasteiger partial charge on any atom is -0.380 e. The Hall–Kier alpha value is -1.73. The summed E-state index contributed by atoms with van der Waals surface area (Å²) in [6.45, 7) is 6.51. The first kappa shape index (κ1) is 22.6. The van der Waals surface area contributed by atoms with Crippen LogP contribution in [-0.4, -0.2) is 26.8 Å². The molecule has 2 aromatic carbocycles. The van der Waals surface area contributed by atoms with Crippen molar-refractivity contribution < 1.29 is 26.9 Å². The Morgan fingerprint density at radius 2 is 1.57 bits per heavy atom. The van der Waals surface area contributed by atoms with Crippen LogP contribution in [0.2, 0.25) is 0 Å². The summed E-state index contributed by atoms with van der Waals surface area (Å²) in [5.74, 6) is -1.55. The molecule has 0 heterocycles. The van der Waals surface area contributed by atoms with Crippen molar-refractivity contribution in [2.75, 3.05) is 5.75 Å². The Morgan fingerprint density at radius 1 is 1.00 bits per heavy atom. The maximum Gasteiger partial charge on any atom is 0.418 e. The minimum atomic E-state index is -4.99. The normalized spacial score (nSPS) is 15.9. The lowest BCUT2D eigenvalue weighted by Crippen LogP contribution is -2.53. The molecule has 2 rings (SSSR count). The fraction of sp³-hybridized carbons (Fsp3) is 0.429. The second-order valence-electron chi connectivity index (χ2n) is 7.85. The van der Waals surface area contributed by atoms with E-state index in [1.54, 1.807) is 19.1 Å². The molecule has 0 amide bonds. The molecule has 2 aromatic rings. The first-order valence-electron chi connectivity index (χ1n) is 8.76. The zero-order valence-corrected chi connectivity index (χ0v) is 17.0. The van der Waals surface area contributed by atoms with Gasteiger partial charge in [0.1, 0.15) is 5.82 Å². The van der Waals surface area contributed by atoms with Gasteiger partial charge in [-0.1, -0.05) is 37.6 Å². The number of hydrogen-bond acceptors (Lipinski definition) is 2. The molecule has 7 heteroatoms. The highest BCUT2D eigenvalue weighted by Gasteiger charge is 2.57. The van der Waals surface area contributed by atoms with Gasteiger partial charge in [-0.15, -0.1) is 0 Å². The molecule has 0 aliphatic heterocycles. The van der Waals surface area contributed by atoms with Crippen molar-refractivity contribution in [2.24, 2.45) is 0 Å². The molecule has 0 saturated carbocycles. The SMILES string of the molecule is Cc1ccc(S(=O)CC(O)(CC(C)(C)c2cc(F)ccc2C)C(F)(F)F)cc1. The summed E-state index contributed by atoms with van der Waals surface area (Å²) in [6.07, 6.45) is -5.74. The van der Waals surface area contributed by atoms with Crippen LogP contribution in [0.25, 0.3) is 0 Å². The van der Waals surface area contributed by atoms with E-state index in [-0.39, 0.29) is 4.90 Å². The van der Waals surface area contributed by atoms with E-state index in [9.17, 15) is 26.9 Å². The van der Waals surface area contributed by atoms with Gasteiger partial charge in [0.15, 0.2) is 5.60 Å². The second-order valence-corrected chi connectivity index (χ2v) is 9.30. The molecule has 0 aliphatic rings. The van der Waals surface area contributed by atoms with E-state index in [4.69, 9.17) is 0 Å². The first-order valence-corrected chi connectivity index (χ1v) is 10.1. The van der Waals surface area contributed by atoms with E-state index in [2.05, 4.69) is 0 Å². The van der Waals surface area contributed by atoms with E-state index in [0.717, 1.165) is 5.56 Å². The number of alkyl halides is 3. The molecule has 28 heavy (non-hydrogen) atoms. The Kier molecular flexibility index (Phi) is 6.40. The number of hydrogen-bond donors (Lipinski definition) is 1. The summed E-state index contributed by atoms with van der Waals surface area (Å²) in [7, 11) is -2.05. The summed E-state index contributed by atoms with van der Waals surface area (Å²) in [4.78, 5) is 0.216. The quantitative estimate of drug-likeness (QED) is 0.657. The van der Waals surface area contributed by atoms with Crippen LogP contribution in [-0.2, 0) is 16.2 Å². The van der Waals surface area contributed by atoms with Gasteiger partial charge in [0, 0.05) is 4.90 Å². The van der Waals surface area contributed by atoms with Crippen LogP contribution >= 0.6 is 0 Å². The van der Waals surface area contributed by atoms with Crippen LogP contribution in [0, 0.1) is 19.7 Å². The Labute approximate surface area is 165 Å². The first-order chi connectivity index (χ1) is 12.7. The molecule has 2 atom stereocenters. The average Bonchev–Trinajstić information content (AvgIpc) is 2.56. The summed E-state index contributed by atoms with van der Waals surface area (Å²) < 4.78 is 67.7. The number of aryl methyl sites for hydroxylation is 2. The van der Waals surface area contributed by atoms with Crippen LogP contribution in [0.4, 0.5) is 17.6 Å². The highest BCUT2D eigenvalue weighted by molar-refractivity contribution is 7.85. The van der Waals surface area contributed by atoms with Crippen molar-refractivity contribution in [2.45, 2.75) is 56.2 Å². The maximum atomic E-state index is 13.8. The predicted octanol–water partition coefficient (Wildman–Crippen LogP) is 5.21. The Morgan fingerprint density at radius 3 is 2.11 bits per heavy atom. The van der Waals surface area contributed by atoms with E-state index in [0.29, 0.717) is 11.1 Å². The van der Waals surface area contributed by atoms with Gasteiger partial charge in [-0.2, -0.15) is 13.2 Å². The van der Waals surface area contributed by atoms with Gasteiger partial charge >= 0.3 is 6.18 Å². The zero-order chi connectivity index (χ0) is 21.3. The maximum absolute atomic E-state index is 13.8. The molecule has 2 unspecified atom stereocenters. The van der Waals surface area contributed by atoms with Crippen molar-refractivity contribution in [3.8, 4) is 0 Å². The van der Waals surface area contributed by atoms with Gasteiger partial charge < -0.3 is 5.11 Å². The van der Waals surface area contributed by atoms with Gasteiger partial charge in [0.25, 0.3) is 0 Å². The lowest BCUT2D eigenvalue weighted by molar-refractivity contribution is -0.257. The molecule has 154 valence electrons. The Bertz CT molecular complexity index is 860. The number of rotatable bonds is 6. The van der Waals surface area contributed by atoms with Crippen molar-refractivity contribution in [3.63, 3.8) is 0 Å². The summed E-state index contributed by atoms with van der Waals surface area (Å²) in [6, 6.07) is 10.2. The molecule has 0 bridgehead atoms. The van der Waals surface area contributed by atoms with Gasteiger partial charge in [-0.05, 0) is 61.1 Å². The van der Waals surface area contributed by atoms with Crippen molar-refractivity contribution in [1.29, 1.82) is 0 Å². The molecule has 0 fully saturated rings. The molecular weight excluding hydrogens is 392 g/mol. The Balaban J connectivity index is 2.38. The van der Waals surface area contributed by atoms with Gasteiger partial charge in [-0.25, -0.2) is 4.39 Å². The van der Waals surface area contributed by atoms with Gasteiger partial charge in [-0.3, -0.25) is 4.21 Å². The van der Waals surface area contributed by atoms with E-state index >= 15 is 0 Å². The molecule has 0 radical (unpaired) electrons. The standard InChI is InChI=1S/C21H24F4O2S/c1-14-5-9-17(10-6-14)28(27)13-20(26,21(23,24)25)12-19(3,4)18-11-16(22)8-7-15(18)2/h5-11,26H,12-13H2,1-4H3. The fourth-order valence-electron chi connectivity index (χ4n) is 3.37. The zero-order valence-electron chi connectivity index (χ0n) is 16.2. The molecule has 0 spiro atoms. The highest BCUT2D eigenvalue weighted by atomic mass is 32.2. The predicted molar refractivity (Wildman–Crippen MR) is 102 cm³/mol. The smallest absolute Gasteiger partial charge is 0.380 e. The van der Waals surface area contributed by atoms with Crippen molar-refractivity contribution in [1.82, 2.24) is 0 Å². The van der Waals surface area contributed by atoms with Gasteiger partial charge in [0.2, 0.25) is 0 Å². The van der Waals surface area contributed by atoms with Crippen LogP contribution in [0.15, 0.2) is 47.4 Å². The largest absolute Gasteiger partial charge is 0.418 e. The number of aliphatic hydroxyl groups is 1. The van der Waals surface area contributed by atoms with Crippen LogP contribution in [0.3, 0.4) is 0 Å². The summed E-state index contributed by atoms with van der Waals surface area (Å²) in [5.41, 5.74) is -2.51. The second kappa shape index (κ2) is 7.95. The summed E-state index contributed by atoms with van der Waals surface area (Å²) in [5, 5.41) is 10.6. The molecule has 0 aliphatic carbocycles. The topological polar surface area (TPSA) is 37.3 Å². The molecular formula is C21H24F4O2S. The van der Waals surface area contributed by atoms with E-state index < -0.39 is 46.0 Å². The highest BCUT2D eigenvalue weighted by Crippen LogP contribution is 2.43. The fourth-order valence-corrected chi connectivity index (χ4v) is 4.68. The number of benzene rings is 2. The van der Waals surface area contributed by atoms with E-state index in [1.165, 1.54) is 44.2 Å². The molecule has 2 nitrogen and oxygen atoms in total. The third-order valence-electron chi connectivity index (χ3n) is 4.84. The van der Waals surface area contributed by atoms with Crippen molar-refractivity contribution >= 4 is 10.8 Å². The molecule has 0 saturated heterocycles. The lowest BCUT2D eigenvalue weighted by Gasteiger charge is -2.38. The minimum absolute atomic E-state index is 0.216. The van der Waals surface area contributed by atoms with Crippen molar-refractivity contribution in [3.05, 3.63) is 65.0 Å². The van der Waals surface area contributed by atoms with E-state index in [1.807, 2.05) is 6.92 Å². The monoisotopic (exact) mass is 416 g/mol. The van der Waals surface area contributed by atoms with Crippen LogP contribution < -0.4 is 0 Å². The average molecular weight is 416 g/mol. The van der Waals surface area contributed by atoms with Crippen LogP contribution in [0.5, 0.6) is 0 Å². The van der Waals surface area contributed by atoms with Crippen LogP contribution in [0.1, 0.15) is 37.0 Å². The number of halogens is 4. The molecule has 0 aromatic heterocycles. The lowest BCUT2D eigenvalue weighted by atomic mass is 9.74. The molecule has 1 N–H and O–H groups in total. The third-order valence-corrected chi connectivity index (χ3v) is 6.38. The van der Waals surface area contributed by atoms with Gasteiger partial charge in [0.05, 0.1) is 16.6 Å². The third kappa shape index (κ3) is 5.00.